The molecule has 0 radical (unpaired) electrons. The molecule has 0 heterocycles. The van der Waals surface area contributed by atoms with Gasteiger partial charge in [0.2, 0.25) is 0 Å². The van der Waals surface area contributed by atoms with E-state index in [2.05, 4.69) is 98.4 Å². The zero-order valence-corrected chi connectivity index (χ0v) is 23.0. The van der Waals surface area contributed by atoms with E-state index in [0.29, 0.717) is 18.2 Å². The Bertz CT molecular complexity index is 1600. The van der Waals surface area contributed by atoms with Gasteiger partial charge in [-0.05, 0) is 34.5 Å². The third-order valence-corrected chi connectivity index (χ3v) is 7.23. The lowest BCUT2D eigenvalue weighted by atomic mass is 9.77. The van der Waals surface area contributed by atoms with Gasteiger partial charge in [-0.15, -0.1) is 0 Å². The molecule has 0 aliphatic rings. The molecule has 0 N–H and O–H groups in total. The molecule has 3 heteroatoms. The van der Waals surface area contributed by atoms with E-state index in [1.54, 1.807) is 0 Å². The van der Waals surface area contributed by atoms with Gasteiger partial charge in [0.05, 0.1) is 6.54 Å². The number of hydrogen-bond acceptors (Lipinski definition) is 1. The van der Waals surface area contributed by atoms with Crippen molar-refractivity contribution < 1.29 is 0 Å². The highest BCUT2D eigenvalue weighted by Gasteiger charge is 2.23. The van der Waals surface area contributed by atoms with Crippen LogP contribution in [0.5, 0.6) is 0 Å². The first-order valence-electron chi connectivity index (χ1n) is 13.5. The van der Waals surface area contributed by atoms with E-state index in [0.717, 1.165) is 16.7 Å². The Morgan fingerprint density at radius 3 is 1.52 bits per heavy atom. The predicted octanol–water partition coefficient (Wildman–Crippen LogP) is 8.77. The zero-order valence-electron chi connectivity index (χ0n) is 23.0. The molecule has 3 nitrogen and oxygen atoms in total. The SMILES string of the molecule is C=NC(=NC(=NCc1ccc(C(C)(C)c2ccc(-c3ccccc3)cc2)cc1)c1ccccc1)c1ccccc1. The van der Waals surface area contributed by atoms with Crippen LogP contribution in [0.4, 0.5) is 0 Å². The highest BCUT2D eigenvalue weighted by molar-refractivity contribution is 6.12. The molecule has 0 saturated carbocycles. The highest BCUT2D eigenvalue weighted by Crippen LogP contribution is 2.33. The minimum absolute atomic E-state index is 0.128. The van der Waals surface area contributed by atoms with E-state index in [1.165, 1.54) is 22.3 Å². The van der Waals surface area contributed by atoms with Crippen LogP contribution in [0.25, 0.3) is 11.1 Å². The maximum atomic E-state index is 4.91. The quantitative estimate of drug-likeness (QED) is 0.152. The standard InChI is InChI=1S/C37H33N3/c1-37(2,34-25-21-30(22-26-34)29-13-7-4-8-14-29)33-23-19-28(20-24-33)27-39-36(32-17-11-6-12-18-32)40-35(38-3)31-15-9-5-10-16-31/h4-26H,3,27H2,1-2H3. The summed E-state index contributed by atoms with van der Waals surface area (Å²) < 4.78 is 0. The van der Waals surface area contributed by atoms with E-state index in [1.807, 2.05) is 66.7 Å². The minimum Gasteiger partial charge on any atom is -0.261 e. The molecule has 5 rings (SSSR count). The molecule has 0 saturated heterocycles. The smallest absolute Gasteiger partial charge is 0.161 e. The fourth-order valence-electron chi connectivity index (χ4n) is 4.73. The molecule has 0 amide bonds. The Balaban J connectivity index is 1.37. The summed E-state index contributed by atoms with van der Waals surface area (Å²) in [6, 6.07) is 48.0. The highest BCUT2D eigenvalue weighted by atomic mass is 15.0. The van der Waals surface area contributed by atoms with Gasteiger partial charge in [-0.1, -0.05) is 153 Å². The fourth-order valence-corrected chi connectivity index (χ4v) is 4.73. The summed E-state index contributed by atoms with van der Waals surface area (Å²) in [5, 5.41) is 0. The number of aliphatic imine (C=N–C) groups is 3. The van der Waals surface area contributed by atoms with Gasteiger partial charge < -0.3 is 0 Å². The van der Waals surface area contributed by atoms with Gasteiger partial charge in [0.25, 0.3) is 0 Å². The molecule has 40 heavy (non-hydrogen) atoms. The van der Waals surface area contributed by atoms with Gasteiger partial charge in [-0.25, -0.2) is 9.98 Å². The van der Waals surface area contributed by atoms with E-state index in [4.69, 9.17) is 9.98 Å². The minimum atomic E-state index is -0.128. The zero-order chi connectivity index (χ0) is 27.8. The van der Waals surface area contributed by atoms with Gasteiger partial charge in [0.15, 0.2) is 11.7 Å². The number of nitrogens with zero attached hydrogens (tertiary/aromatic N) is 3. The maximum absolute atomic E-state index is 4.91. The van der Waals surface area contributed by atoms with Crippen LogP contribution in [0.3, 0.4) is 0 Å². The molecule has 5 aromatic rings. The van der Waals surface area contributed by atoms with Crippen molar-refractivity contribution >= 4 is 18.4 Å². The third-order valence-electron chi connectivity index (χ3n) is 7.23. The van der Waals surface area contributed by atoms with Crippen LogP contribution in [0.1, 0.15) is 41.7 Å². The lowest BCUT2D eigenvalue weighted by Gasteiger charge is -2.26. The second-order valence-corrected chi connectivity index (χ2v) is 10.2. The molecule has 0 aliphatic heterocycles. The van der Waals surface area contributed by atoms with Crippen LogP contribution in [0.2, 0.25) is 0 Å². The van der Waals surface area contributed by atoms with Crippen molar-refractivity contribution in [2.75, 3.05) is 0 Å². The summed E-state index contributed by atoms with van der Waals surface area (Å²) >= 11 is 0. The molecule has 0 aromatic heterocycles. The summed E-state index contributed by atoms with van der Waals surface area (Å²) in [5.41, 5.74) is 7.84. The monoisotopic (exact) mass is 519 g/mol. The van der Waals surface area contributed by atoms with Crippen molar-refractivity contribution in [3.63, 3.8) is 0 Å². The lowest BCUT2D eigenvalue weighted by molar-refractivity contribution is 0.640. The van der Waals surface area contributed by atoms with Gasteiger partial charge in [0, 0.05) is 16.5 Å². The van der Waals surface area contributed by atoms with Crippen LogP contribution in [-0.4, -0.2) is 18.4 Å². The van der Waals surface area contributed by atoms with Crippen LogP contribution in [-0.2, 0) is 12.0 Å². The first-order valence-corrected chi connectivity index (χ1v) is 13.5. The predicted molar refractivity (Wildman–Crippen MR) is 170 cm³/mol. The Morgan fingerprint density at radius 2 is 1.00 bits per heavy atom. The molecular weight excluding hydrogens is 486 g/mol. The van der Waals surface area contributed by atoms with Crippen LogP contribution < -0.4 is 0 Å². The topological polar surface area (TPSA) is 37.1 Å². The van der Waals surface area contributed by atoms with Crippen molar-refractivity contribution in [3.8, 4) is 11.1 Å². The number of benzene rings is 5. The van der Waals surface area contributed by atoms with Crippen molar-refractivity contribution in [2.24, 2.45) is 15.0 Å². The number of amidine groups is 2. The first kappa shape index (κ1) is 26.7. The van der Waals surface area contributed by atoms with E-state index < -0.39 is 0 Å². The lowest BCUT2D eigenvalue weighted by Crippen LogP contribution is -2.18. The second-order valence-electron chi connectivity index (χ2n) is 10.2. The average Bonchev–Trinajstić information content (AvgIpc) is 3.03. The Kier molecular flexibility index (Phi) is 8.22. The van der Waals surface area contributed by atoms with Crippen LogP contribution in [0, 0.1) is 0 Å². The Morgan fingerprint density at radius 1 is 0.550 bits per heavy atom. The molecule has 0 atom stereocenters. The summed E-state index contributed by atoms with van der Waals surface area (Å²) in [6.07, 6.45) is 0. The second kappa shape index (κ2) is 12.3. The molecule has 0 unspecified atom stereocenters. The third kappa shape index (κ3) is 6.22. The molecule has 5 aromatic carbocycles. The molecule has 0 bridgehead atoms. The van der Waals surface area contributed by atoms with Gasteiger partial charge in [0.1, 0.15) is 0 Å². The number of hydrogen-bond donors (Lipinski definition) is 0. The summed E-state index contributed by atoms with van der Waals surface area (Å²) in [7, 11) is 0. The van der Waals surface area contributed by atoms with E-state index >= 15 is 0 Å². The average molecular weight is 520 g/mol. The van der Waals surface area contributed by atoms with Crippen molar-refractivity contribution in [1.29, 1.82) is 0 Å². The van der Waals surface area contributed by atoms with Crippen molar-refractivity contribution in [3.05, 3.63) is 167 Å². The fraction of sp³-hybridized carbons (Fsp3) is 0.108. The molecule has 0 aliphatic carbocycles. The Hall–Kier alpha value is -4.89. The summed E-state index contributed by atoms with van der Waals surface area (Å²) in [6.45, 7) is 8.80. The summed E-state index contributed by atoms with van der Waals surface area (Å²) in [4.78, 5) is 13.9. The molecule has 0 spiro atoms. The van der Waals surface area contributed by atoms with Crippen LogP contribution in [0.15, 0.2) is 155 Å². The van der Waals surface area contributed by atoms with E-state index in [-0.39, 0.29) is 5.41 Å². The van der Waals surface area contributed by atoms with E-state index in [9.17, 15) is 0 Å². The number of rotatable bonds is 7. The molecular formula is C37H33N3. The largest absolute Gasteiger partial charge is 0.261 e. The molecule has 196 valence electrons. The summed E-state index contributed by atoms with van der Waals surface area (Å²) in [5.74, 6) is 1.19. The van der Waals surface area contributed by atoms with Crippen molar-refractivity contribution in [2.45, 2.75) is 25.8 Å². The maximum Gasteiger partial charge on any atom is 0.161 e. The first-order chi connectivity index (χ1) is 19.5. The van der Waals surface area contributed by atoms with Crippen molar-refractivity contribution in [1.82, 2.24) is 0 Å². The Labute approximate surface area is 237 Å². The van der Waals surface area contributed by atoms with Gasteiger partial charge in [-0.2, -0.15) is 0 Å². The van der Waals surface area contributed by atoms with Gasteiger partial charge in [-0.3, -0.25) is 4.99 Å². The van der Waals surface area contributed by atoms with Gasteiger partial charge >= 0.3 is 0 Å². The normalized spacial score (nSPS) is 12.2. The van der Waals surface area contributed by atoms with Crippen LogP contribution >= 0.6 is 0 Å². The molecule has 0 fully saturated rings.